The second-order valence-corrected chi connectivity index (χ2v) is 7.88. The first-order valence-electron chi connectivity index (χ1n) is 8.11. The predicted octanol–water partition coefficient (Wildman–Crippen LogP) is 3.12. The van der Waals surface area contributed by atoms with Crippen molar-refractivity contribution in [2.75, 3.05) is 18.9 Å². The molecule has 0 saturated heterocycles. The molecular formula is C19H23N3O3S. The van der Waals surface area contributed by atoms with Gasteiger partial charge in [0, 0.05) is 25.8 Å². The van der Waals surface area contributed by atoms with Crippen LogP contribution in [0.3, 0.4) is 0 Å². The fourth-order valence-electron chi connectivity index (χ4n) is 2.33. The number of hydrogen-bond donors (Lipinski definition) is 2. The minimum Gasteiger partial charge on any atom is -0.334 e. The molecule has 0 bridgehead atoms. The molecule has 0 saturated carbocycles. The normalized spacial score (nSPS) is 11.2. The van der Waals surface area contributed by atoms with Crippen molar-refractivity contribution in [2.45, 2.75) is 18.4 Å². The summed E-state index contributed by atoms with van der Waals surface area (Å²) < 4.78 is 25.9. The predicted molar refractivity (Wildman–Crippen MR) is 103 cm³/mol. The van der Waals surface area contributed by atoms with Gasteiger partial charge in [-0.15, -0.1) is 6.58 Å². The van der Waals surface area contributed by atoms with E-state index in [0.717, 1.165) is 11.1 Å². The quantitative estimate of drug-likeness (QED) is 0.732. The van der Waals surface area contributed by atoms with E-state index in [0.29, 0.717) is 12.2 Å². The van der Waals surface area contributed by atoms with Crippen LogP contribution in [-0.4, -0.2) is 32.3 Å². The number of likely N-dealkylation sites (N-methyl/N-ethyl adjacent to an activating group) is 1. The van der Waals surface area contributed by atoms with Gasteiger partial charge in [0.25, 0.3) is 0 Å². The standard InChI is InChI=1S/C19H23N3O3S/c1-4-13-22(3)26(24,25)18-11-9-17(10-12-18)21-19(23)20-14-16-8-6-5-7-15(16)2/h4-12H,1,13-14H2,2-3H3,(H2,20,21,23). The van der Waals surface area contributed by atoms with E-state index in [-0.39, 0.29) is 17.5 Å². The number of anilines is 1. The molecule has 2 aromatic rings. The molecular weight excluding hydrogens is 350 g/mol. The van der Waals surface area contributed by atoms with Crippen molar-refractivity contribution < 1.29 is 13.2 Å². The highest BCUT2D eigenvalue weighted by Gasteiger charge is 2.19. The smallest absolute Gasteiger partial charge is 0.319 e. The summed E-state index contributed by atoms with van der Waals surface area (Å²) in [7, 11) is -2.08. The van der Waals surface area contributed by atoms with E-state index in [1.54, 1.807) is 12.1 Å². The van der Waals surface area contributed by atoms with E-state index >= 15 is 0 Å². The molecule has 2 amide bonds. The van der Waals surface area contributed by atoms with Crippen LogP contribution < -0.4 is 10.6 Å². The monoisotopic (exact) mass is 373 g/mol. The van der Waals surface area contributed by atoms with Gasteiger partial charge in [-0.25, -0.2) is 13.2 Å². The van der Waals surface area contributed by atoms with E-state index in [2.05, 4.69) is 17.2 Å². The molecule has 7 heteroatoms. The molecule has 2 rings (SSSR count). The summed E-state index contributed by atoms with van der Waals surface area (Å²) in [5.74, 6) is 0. The Labute approximate surface area is 154 Å². The molecule has 2 aromatic carbocycles. The average Bonchev–Trinajstić information content (AvgIpc) is 2.61. The molecule has 0 fully saturated rings. The largest absolute Gasteiger partial charge is 0.334 e. The van der Waals surface area contributed by atoms with Gasteiger partial charge in [-0.3, -0.25) is 0 Å². The molecule has 138 valence electrons. The number of urea groups is 1. The molecule has 0 aliphatic heterocycles. The van der Waals surface area contributed by atoms with E-state index in [9.17, 15) is 13.2 Å². The summed E-state index contributed by atoms with van der Waals surface area (Å²) in [6, 6.07) is 13.5. The highest BCUT2D eigenvalue weighted by atomic mass is 32.2. The Kier molecular flexibility index (Phi) is 6.54. The lowest BCUT2D eigenvalue weighted by Crippen LogP contribution is -2.28. The summed E-state index contributed by atoms with van der Waals surface area (Å²) >= 11 is 0. The van der Waals surface area contributed by atoms with Crippen LogP contribution in [0.2, 0.25) is 0 Å². The third kappa shape index (κ3) is 4.93. The number of sulfonamides is 1. The Bertz CT molecular complexity index is 877. The van der Waals surface area contributed by atoms with Gasteiger partial charge < -0.3 is 10.6 Å². The zero-order valence-corrected chi connectivity index (χ0v) is 15.7. The third-order valence-corrected chi connectivity index (χ3v) is 5.74. The van der Waals surface area contributed by atoms with E-state index in [1.807, 2.05) is 31.2 Å². The van der Waals surface area contributed by atoms with Crippen molar-refractivity contribution in [3.63, 3.8) is 0 Å². The minimum atomic E-state index is -3.56. The number of aryl methyl sites for hydroxylation is 1. The maximum Gasteiger partial charge on any atom is 0.319 e. The topological polar surface area (TPSA) is 78.5 Å². The van der Waals surface area contributed by atoms with Gasteiger partial charge in [0.1, 0.15) is 0 Å². The van der Waals surface area contributed by atoms with Crippen molar-refractivity contribution in [3.05, 3.63) is 72.3 Å². The molecule has 0 unspecified atom stereocenters. The first-order valence-corrected chi connectivity index (χ1v) is 9.55. The van der Waals surface area contributed by atoms with Gasteiger partial charge in [-0.2, -0.15) is 4.31 Å². The summed E-state index contributed by atoms with van der Waals surface area (Å²) in [5.41, 5.74) is 2.65. The number of carbonyl (C=O) groups is 1. The van der Waals surface area contributed by atoms with Crippen LogP contribution in [0.25, 0.3) is 0 Å². The van der Waals surface area contributed by atoms with Crippen molar-refractivity contribution in [3.8, 4) is 0 Å². The summed E-state index contributed by atoms with van der Waals surface area (Å²) in [4.78, 5) is 12.2. The van der Waals surface area contributed by atoms with Crippen LogP contribution >= 0.6 is 0 Å². The Morgan fingerprint density at radius 2 is 1.81 bits per heavy atom. The van der Waals surface area contributed by atoms with E-state index in [1.165, 1.54) is 29.6 Å². The van der Waals surface area contributed by atoms with Gasteiger partial charge in [0.2, 0.25) is 10.0 Å². The van der Waals surface area contributed by atoms with E-state index < -0.39 is 10.0 Å². The zero-order valence-electron chi connectivity index (χ0n) is 14.9. The highest BCUT2D eigenvalue weighted by molar-refractivity contribution is 7.89. The summed E-state index contributed by atoms with van der Waals surface area (Å²) in [6.07, 6.45) is 1.52. The maximum atomic E-state index is 12.3. The zero-order chi connectivity index (χ0) is 19.2. The van der Waals surface area contributed by atoms with Crippen LogP contribution in [-0.2, 0) is 16.6 Å². The van der Waals surface area contributed by atoms with Crippen LogP contribution in [0.5, 0.6) is 0 Å². The van der Waals surface area contributed by atoms with E-state index in [4.69, 9.17) is 0 Å². The SMILES string of the molecule is C=CCN(C)S(=O)(=O)c1ccc(NC(=O)NCc2ccccc2C)cc1. The minimum absolute atomic E-state index is 0.160. The lowest BCUT2D eigenvalue weighted by atomic mass is 10.1. The van der Waals surface area contributed by atoms with Crippen molar-refractivity contribution >= 4 is 21.7 Å². The lowest BCUT2D eigenvalue weighted by Gasteiger charge is -2.15. The Balaban J connectivity index is 1.97. The van der Waals surface area contributed by atoms with Gasteiger partial charge in [0.15, 0.2) is 0 Å². The van der Waals surface area contributed by atoms with Crippen molar-refractivity contribution in [2.24, 2.45) is 0 Å². The van der Waals surface area contributed by atoms with Gasteiger partial charge in [0.05, 0.1) is 4.90 Å². The number of carbonyl (C=O) groups excluding carboxylic acids is 1. The first-order chi connectivity index (χ1) is 12.3. The maximum absolute atomic E-state index is 12.3. The Morgan fingerprint density at radius 3 is 2.42 bits per heavy atom. The summed E-state index contributed by atoms with van der Waals surface area (Å²) in [6.45, 7) is 6.16. The Morgan fingerprint density at radius 1 is 1.15 bits per heavy atom. The molecule has 6 nitrogen and oxygen atoms in total. The van der Waals surface area contributed by atoms with Gasteiger partial charge >= 0.3 is 6.03 Å². The molecule has 2 N–H and O–H groups in total. The fourth-order valence-corrected chi connectivity index (χ4v) is 3.47. The van der Waals surface area contributed by atoms with Crippen LogP contribution in [0.4, 0.5) is 10.5 Å². The number of nitrogens with zero attached hydrogens (tertiary/aromatic N) is 1. The molecule has 0 spiro atoms. The number of hydrogen-bond acceptors (Lipinski definition) is 3. The second-order valence-electron chi connectivity index (χ2n) is 5.83. The lowest BCUT2D eigenvalue weighted by molar-refractivity contribution is 0.251. The molecule has 26 heavy (non-hydrogen) atoms. The molecule has 0 atom stereocenters. The number of nitrogens with one attached hydrogen (secondary N) is 2. The van der Waals surface area contributed by atoms with Crippen LogP contribution in [0.1, 0.15) is 11.1 Å². The molecule has 0 aromatic heterocycles. The van der Waals surface area contributed by atoms with Crippen molar-refractivity contribution in [1.29, 1.82) is 0 Å². The molecule has 0 aliphatic rings. The van der Waals surface area contributed by atoms with Crippen LogP contribution in [0.15, 0.2) is 66.1 Å². The summed E-state index contributed by atoms with van der Waals surface area (Å²) in [5, 5.41) is 5.47. The third-order valence-electron chi connectivity index (χ3n) is 3.91. The van der Waals surface area contributed by atoms with Crippen molar-refractivity contribution in [1.82, 2.24) is 9.62 Å². The van der Waals surface area contributed by atoms with Gasteiger partial charge in [-0.1, -0.05) is 30.3 Å². The first kappa shape index (κ1) is 19.7. The second kappa shape index (κ2) is 8.64. The molecule has 0 heterocycles. The Hall–Kier alpha value is -2.64. The highest BCUT2D eigenvalue weighted by Crippen LogP contribution is 2.17. The number of amides is 2. The number of rotatable bonds is 7. The number of benzene rings is 2. The fraction of sp³-hybridized carbons (Fsp3) is 0.211. The van der Waals surface area contributed by atoms with Crippen LogP contribution in [0, 0.1) is 6.92 Å². The molecule has 0 aliphatic carbocycles. The molecule has 0 radical (unpaired) electrons. The van der Waals surface area contributed by atoms with Gasteiger partial charge in [-0.05, 0) is 42.3 Å². The average molecular weight is 373 g/mol.